The second-order valence-electron chi connectivity index (χ2n) is 9.75. The maximum absolute atomic E-state index is 15.2. The van der Waals surface area contributed by atoms with Gasteiger partial charge in [0.2, 0.25) is 5.43 Å². The summed E-state index contributed by atoms with van der Waals surface area (Å²) in [4.78, 5) is 35.6. The van der Waals surface area contributed by atoms with Gasteiger partial charge in [0.25, 0.3) is 5.91 Å². The predicted octanol–water partition coefficient (Wildman–Crippen LogP) is 4.96. The molecule has 1 amide bonds. The van der Waals surface area contributed by atoms with Crippen molar-refractivity contribution in [2.24, 2.45) is 7.05 Å². The normalized spacial score (nSPS) is 13.1. The zero-order valence-electron chi connectivity index (χ0n) is 23.8. The minimum atomic E-state index is -0.709. The van der Waals surface area contributed by atoms with Crippen molar-refractivity contribution < 1.29 is 28.1 Å². The van der Waals surface area contributed by atoms with E-state index in [-0.39, 0.29) is 22.4 Å². The van der Waals surface area contributed by atoms with Gasteiger partial charge in [-0.1, -0.05) is 6.08 Å². The Bertz CT molecular complexity index is 1750. The Morgan fingerprint density at radius 2 is 1.95 bits per heavy atom. The Labute approximate surface area is 241 Å². The maximum atomic E-state index is 15.2. The molecule has 0 saturated heterocycles. The fourth-order valence-corrected chi connectivity index (χ4v) is 4.80. The summed E-state index contributed by atoms with van der Waals surface area (Å²) in [7, 11) is 3.39. The molecular formula is C31H31FN4O6. The van der Waals surface area contributed by atoms with Crippen LogP contribution in [0, 0.1) is 19.7 Å². The van der Waals surface area contributed by atoms with E-state index >= 15 is 4.39 Å². The number of aromatic nitrogens is 3. The Morgan fingerprint density at radius 3 is 2.69 bits per heavy atom. The number of carbonyl (C=O) groups excluding carboxylic acids is 1. The topological polar surface area (TPSA) is 114 Å². The molecule has 0 saturated carbocycles. The van der Waals surface area contributed by atoms with Crippen LogP contribution in [0.1, 0.15) is 33.7 Å². The molecule has 0 spiro atoms. The van der Waals surface area contributed by atoms with Crippen LogP contribution in [-0.2, 0) is 16.5 Å². The van der Waals surface area contributed by atoms with Crippen LogP contribution in [0.4, 0.5) is 10.1 Å². The molecule has 11 heteroatoms. The first kappa shape index (κ1) is 28.9. The minimum Gasteiger partial charge on any atom is -0.489 e. The molecule has 4 aromatic rings. The predicted molar refractivity (Wildman–Crippen MR) is 156 cm³/mol. The van der Waals surface area contributed by atoms with Crippen molar-refractivity contribution in [3.63, 3.8) is 0 Å². The Balaban J connectivity index is 1.37. The van der Waals surface area contributed by atoms with Crippen molar-refractivity contribution >= 4 is 28.2 Å². The third kappa shape index (κ3) is 5.88. The number of rotatable bonds is 9. The van der Waals surface area contributed by atoms with Gasteiger partial charge in [-0.2, -0.15) is 0 Å². The Kier molecular flexibility index (Phi) is 8.60. The van der Waals surface area contributed by atoms with Crippen LogP contribution in [0.2, 0.25) is 0 Å². The highest BCUT2D eigenvalue weighted by molar-refractivity contribution is 6.05. The van der Waals surface area contributed by atoms with Gasteiger partial charge < -0.3 is 28.8 Å². The number of benzene rings is 1. The third-order valence-electron chi connectivity index (χ3n) is 7.18. The van der Waals surface area contributed by atoms with E-state index in [1.165, 1.54) is 24.5 Å². The summed E-state index contributed by atoms with van der Waals surface area (Å²) in [5.41, 5.74) is 3.39. The zero-order valence-corrected chi connectivity index (χ0v) is 23.8. The fraction of sp³-hybridized carbons (Fsp3) is 0.290. The lowest BCUT2D eigenvalue weighted by Gasteiger charge is -2.21. The number of methoxy groups -OCH3 is 1. The molecule has 5 rings (SSSR count). The van der Waals surface area contributed by atoms with E-state index < -0.39 is 11.7 Å². The van der Waals surface area contributed by atoms with Crippen molar-refractivity contribution in [3.8, 4) is 17.2 Å². The summed E-state index contributed by atoms with van der Waals surface area (Å²) in [6.45, 7) is 5.28. The Morgan fingerprint density at radius 1 is 1.12 bits per heavy atom. The van der Waals surface area contributed by atoms with Gasteiger partial charge in [0.1, 0.15) is 23.4 Å². The van der Waals surface area contributed by atoms with Crippen LogP contribution in [0.15, 0.2) is 53.6 Å². The average Bonchev–Trinajstić information content (AvgIpc) is 2.98. The highest BCUT2D eigenvalue weighted by Crippen LogP contribution is 2.32. The molecule has 4 heterocycles. The molecule has 3 aromatic heterocycles. The minimum absolute atomic E-state index is 0.00567. The lowest BCUT2D eigenvalue weighted by Crippen LogP contribution is -2.30. The molecule has 10 nitrogen and oxygen atoms in total. The largest absolute Gasteiger partial charge is 0.489 e. The lowest BCUT2D eigenvalue weighted by atomic mass is 9.96. The first-order chi connectivity index (χ1) is 20.3. The molecule has 0 bridgehead atoms. The van der Waals surface area contributed by atoms with Gasteiger partial charge in [0.15, 0.2) is 17.3 Å². The molecule has 0 aliphatic carbocycles. The van der Waals surface area contributed by atoms with Crippen LogP contribution < -0.4 is 20.2 Å². The second-order valence-corrected chi connectivity index (χ2v) is 9.75. The van der Waals surface area contributed by atoms with E-state index in [0.29, 0.717) is 66.6 Å². The van der Waals surface area contributed by atoms with Crippen molar-refractivity contribution in [2.45, 2.75) is 20.3 Å². The van der Waals surface area contributed by atoms with Gasteiger partial charge in [-0.25, -0.2) is 9.37 Å². The first-order valence-electron chi connectivity index (χ1n) is 13.4. The summed E-state index contributed by atoms with van der Waals surface area (Å²) in [6, 6.07) is 7.34. The molecule has 0 atom stereocenters. The lowest BCUT2D eigenvalue weighted by molar-refractivity contribution is 0.102. The van der Waals surface area contributed by atoms with Gasteiger partial charge in [-0.15, -0.1) is 0 Å². The summed E-state index contributed by atoms with van der Waals surface area (Å²) >= 11 is 0. The summed E-state index contributed by atoms with van der Waals surface area (Å²) < 4.78 is 38.8. The standard InChI is InChI=1S/C31H31FN4O6/c1-18-27(20-8-11-40-12-9-20)30(37)28(19(2)36(18)3)31(38)35-21-5-6-25(23(32)15-21)42-26-7-10-33-24-16-22(17-34-29(24)26)41-14-13-39-4/h5-8,10,15-17H,9,11-14H2,1-4H3,(H,35,38). The molecule has 1 aliphatic rings. The number of carbonyl (C=O) groups is 1. The molecule has 1 N–H and O–H groups in total. The highest BCUT2D eigenvalue weighted by atomic mass is 19.1. The number of nitrogens with zero attached hydrogens (tertiary/aromatic N) is 3. The number of fused-ring (bicyclic) bond motifs is 1. The molecule has 42 heavy (non-hydrogen) atoms. The van der Waals surface area contributed by atoms with Gasteiger partial charge in [-0.05, 0) is 38.0 Å². The van der Waals surface area contributed by atoms with E-state index in [4.69, 9.17) is 18.9 Å². The van der Waals surface area contributed by atoms with E-state index in [2.05, 4.69) is 15.3 Å². The van der Waals surface area contributed by atoms with Gasteiger partial charge >= 0.3 is 0 Å². The van der Waals surface area contributed by atoms with Gasteiger partial charge in [0.05, 0.1) is 31.5 Å². The smallest absolute Gasteiger partial charge is 0.261 e. The van der Waals surface area contributed by atoms with E-state index in [1.54, 1.807) is 26.2 Å². The van der Waals surface area contributed by atoms with E-state index in [1.807, 2.05) is 24.6 Å². The molecule has 0 radical (unpaired) electrons. The van der Waals surface area contributed by atoms with Crippen molar-refractivity contribution in [1.82, 2.24) is 14.5 Å². The van der Waals surface area contributed by atoms with Crippen LogP contribution in [-0.4, -0.2) is 54.0 Å². The molecule has 0 unspecified atom stereocenters. The van der Waals surface area contributed by atoms with E-state index in [0.717, 1.165) is 17.3 Å². The molecule has 218 valence electrons. The van der Waals surface area contributed by atoms with Crippen molar-refractivity contribution in [3.05, 3.63) is 87.4 Å². The number of hydrogen-bond acceptors (Lipinski definition) is 8. The molecule has 1 aliphatic heterocycles. The van der Waals surface area contributed by atoms with Crippen molar-refractivity contribution in [2.75, 3.05) is 38.9 Å². The second kappa shape index (κ2) is 12.5. The number of pyridine rings is 3. The zero-order chi connectivity index (χ0) is 29.8. The number of ether oxygens (including phenoxy) is 4. The van der Waals surface area contributed by atoms with Crippen LogP contribution in [0.25, 0.3) is 16.6 Å². The highest BCUT2D eigenvalue weighted by Gasteiger charge is 2.24. The van der Waals surface area contributed by atoms with E-state index in [9.17, 15) is 9.59 Å². The number of anilines is 1. The van der Waals surface area contributed by atoms with Crippen molar-refractivity contribution in [1.29, 1.82) is 0 Å². The fourth-order valence-electron chi connectivity index (χ4n) is 4.80. The van der Waals surface area contributed by atoms with Crippen LogP contribution in [0.5, 0.6) is 17.2 Å². The number of halogens is 1. The molecular weight excluding hydrogens is 543 g/mol. The van der Waals surface area contributed by atoms with Crippen LogP contribution in [0.3, 0.4) is 0 Å². The average molecular weight is 575 g/mol. The maximum Gasteiger partial charge on any atom is 0.261 e. The number of amides is 1. The molecule has 1 aromatic carbocycles. The number of hydrogen-bond donors (Lipinski definition) is 1. The van der Waals surface area contributed by atoms with Crippen LogP contribution >= 0.6 is 0 Å². The first-order valence-corrected chi connectivity index (χ1v) is 13.4. The molecule has 0 fully saturated rings. The Hall–Kier alpha value is -4.61. The summed E-state index contributed by atoms with van der Waals surface area (Å²) in [5.74, 6) is -0.584. The van der Waals surface area contributed by atoms with Gasteiger partial charge in [-0.3, -0.25) is 14.6 Å². The monoisotopic (exact) mass is 574 g/mol. The summed E-state index contributed by atoms with van der Waals surface area (Å²) in [6.07, 6.45) is 5.51. The quantitative estimate of drug-likeness (QED) is 0.279. The third-order valence-corrected chi connectivity index (χ3v) is 7.18. The number of nitrogens with one attached hydrogen (secondary N) is 1. The summed E-state index contributed by atoms with van der Waals surface area (Å²) in [5, 5.41) is 2.67. The van der Waals surface area contributed by atoms with Gasteiger partial charge in [0, 0.05) is 61.2 Å². The SMILES string of the molecule is COCCOc1cnc2c(Oc3ccc(NC(=O)c4c(C)n(C)c(C)c(C5=CCOCC5)c4=O)cc3F)ccnc2c1.